The molecular weight excluding hydrogens is 204 g/mol. The van der Waals surface area contributed by atoms with Crippen molar-refractivity contribution in [2.75, 3.05) is 0 Å². The van der Waals surface area contributed by atoms with E-state index < -0.39 is 0 Å². The molecule has 0 bridgehead atoms. The molecule has 4 nitrogen and oxygen atoms in total. The van der Waals surface area contributed by atoms with Crippen LogP contribution < -0.4 is 0 Å². The van der Waals surface area contributed by atoms with E-state index in [-0.39, 0.29) is 22.6 Å². The van der Waals surface area contributed by atoms with Crippen LogP contribution in [0.5, 0.6) is 5.75 Å². The molecule has 2 N–H and O–H groups in total. The first kappa shape index (κ1) is 11.6. The van der Waals surface area contributed by atoms with Gasteiger partial charge in [0.15, 0.2) is 5.75 Å². The number of nitrogens with zero attached hydrogens (tertiary/aromatic N) is 2. The van der Waals surface area contributed by atoms with Crippen LogP contribution in [0.15, 0.2) is 11.8 Å². The number of allylic oxidation sites excluding steroid dienone is 1. The lowest BCUT2D eigenvalue weighted by molar-refractivity contribution is 0.420. The quantitative estimate of drug-likeness (QED) is 0.702. The maximum atomic E-state index is 9.71. The molecule has 0 aromatic heterocycles. The molecule has 0 aliphatic carbocycles. The first-order valence-corrected chi connectivity index (χ1v) is 4.55. The molecule has 0 saturated carbocycles. The van der Waals surface area contributed by atoms with Crippen molar-refractivity contribution in [3.05, 3.63) is 34.1 Å². The molecule has 0 aliphatic heterocycles. The topological polar surface area (TPSA) is 88.0 Å². The molecule has 0 fully saturated rings. The number of aryl methyl sites for hydroxylation is 1. The van der Waals surface area contributed by atoms with Crippen LogP contribution in [0.1, 0.15) is 29.2 Å². The molecule has 4 heteroatoms. The first-order valence-electron chi connectivity index (χ1n) is 4.55. The lowest BCUT2D eigenvalue weighted by atomic mass is 9.98. The van der Waals surface area contributed by atoms with Crippen molar-refractivity contribution in [1.29, 1.82) is 10.5 Å². The molecule has 1 aromatic carbocycles. The fraction of sp³-hybridized carbons (Fsp3) is 0.167. The fourth-order valence-corrected chi connectivity index (χ4v) is 1.42. The molecule has 0 radical (unpaired) electrons. The van der Waals surface area contributed by atoms with E-state index in [1.807, 2.05) is 12.1 Å². The number of hydrogen-bond acceptors (Lipinski definition) is 4. The van der Waals surface area contributed by atoms with Crippen LogP contribution in [-0.2, 0) is 0 Å². The third-order valence-corrected chi connectivity index (χ3v) is 2.12. The van der Waals surface area contributed by atoms with Crippen LogP contribution in [0, 0.1) is 29.6 Å². The zero-order valence-electron chi connectivity index (χ0n) is 8.94. The summed E-state index contributed by atoms with van der Waals surface area (Å²) in [4.78, 5) is 0. The highest BCUT2D eigenvalue weighted by Gasteiger charge is 2.14. The van der Waals surface area contributed by atoms with Gasteiger partial charge in [0.25, 0.3) is 0 Å². The zero-order valence-corrected chi connectivity index (χ0v) is 8.94. The van der Waals surface area contributed by atoms with E-state index in [1.165, 1.54) is 13.0 Å². The van der Waals surface area contributed by atoms with E-state index in [0.29, 0.717) is 11.1 Å². The van der Waals surface area contributed by atoms with E-state index >= 15 is 0 Å². The second-order valence-corrected chi connectivity index (χ2v) is 3.39. The number of aliphatic hydroxyl groups is 1. The number of rotatable bonds is 1. The Balaban J connectivity index is 3.63. The van der Waals surface area contributed by atoms with Gasteiger partial charge in [-0.05, 0) is 37.1 Å². The average molecular weight is 214 g/mol. The molecule has 0 unspecified atom stereocenters. The summed E-state index contributed by atoms with van der Waals surface area (Å²) < 4.78 is 0. The molecule has 16 heavy (non-hydrogen) atoms. The van der Waals surface area contributed by atoms with E-state index in [0.717, 1.165) is 0 Å². The Morgan fingerprint density at radius 1 is 1.31 bits per heavy atom. The third-order valence-electron chi connectivity index (χ3n) is 2.12. The average Bonchev–Trinajstić information content (AvgIpc) is 2.17. The normalized spacial score (nSPS) is 10.6. The number of phenols is 1. The second-order valence-electron chi connectivity index (χ2n) is 3.39. The van der Waals surface area contributed by atoms with Crippen LogP contribution >= 0.6 is 0 Å². The Hall–Kier alpha value is -2.46. The molecule has 0 heterocycles. The molecule has 0 amide bonds. The number of hydrogen-bond donors (Lipinski definition) is 2. The van der Waals surface area contributed by atoms with Crippen molar-refractivity contribution in [1.82, 2.24) is 0 Å². The van der Waals surface area contributed by atoms with Gasteiger partial charge < -0.3 is 10.2 Å². The van der Waals surface area contributed by atoms with Gasteiger partial charge >= 0.3 is 0 Å². The summed E-state index contributed by atoms with van der Waals surface area (Å²) in [5.74, 6) is -0.308. The van der Waals surface area contributed by atoms with Gasteiger partial charge in [-0.1, -0.05) is 0 Å². The van der Waals surface area contributed by atoms with Crippen LogP contribution in [0.4, 0.5) is 0 Å². The summed E-state index contributed by atoms with van der Waals surface area (Å²) >= 11 is 0. The van der Waals surface area contributed by atoms with Gasteiger partial charge in [0.05, 0.1) is 11.3 Å². The molecular formula is C12H10N2O2. The van der Waals surface area contributed by atoms with Gasteiger partial charge in [0, 0.05) is 0 Å². The Kier molecular flexibility index (Phi) is 3.17. The largest absolute Gasteiger partial charge is 0.513 e. The van der Waals surface area contributed by atoms with Crippen LogP contribution in [0.25, 0.3) is 6.08 Å². The Labute approximate surface area is 93.3 Å². The lowest BCUT2D eigenvalue weighted by Gasteiger charge is -2.06. The van der Waals surface area contributed by atoms with Gasteiger partial charge in [-0.25, -0.2) is 0 Å². The van der Waals surface area contributed by atoms with Crippen molar-refractivity contribution in [3.63, 3.8) is 0 Å². The minimum absolute atomic E-state index is 0.00412. The number of phenolic OH excluding ortho intramolecular Hbond substituents is 1. The number of nitriles is 2. The first-order chi connectivity index (χ1) is 7.51. The summed E-state index contributed by atoms with van der Waals surface area (Å²) in [6.45, 7) is 3.12. The predicted molar refractivity (Wildman–Crippen MR) is 58.6 cm³/mol. The van der Waals surface area contributed by atoms with Gasteiger partial charge in [-0.2, -0.15) is 10.5 Å². The van der Waals surface area contributed by atoms with E-state index in [4.69, 9.17) is 15.6 Å². The Bertz CT molecular complexity index is 542. The standard InChI is InChI=1S/C12H10N2O2/c1-7-3-9(4-8(2)15)11(6-14)12(16)10(7)5-13/h3-4,15-16H,1-2H3. The maximum absolute atomic E-state index is 9.71. The fourth-order valence-electron chi connectivity index (χ4n) is 1.42. The van der Waals surface area contributed by atoms with Crippen LogP contribution in [0.3, 0.4) is 0 Å². The van der Waals surface area contributed by atoms with Gasteiger partial charge in [-0.3, -0.25) is 0 Å². The van der Waals surface area contributed by atoms with E-state index in [2.05, 4.69) is 0 Å². The minimum atomic E-state index is -0.336. The predicted octanol–water partition coefficient (Wildman–Crippen LogP) is 2.36. The van der Waals surface area contributed by atoms with E-state index in [9.17, 15) is 5.11 Å². The van der Waals surface area contributed by atoms with Crippen molar-refractivity contribution in [2.24, 2.45) is 0 Å². The lowest BCUT2D eigenvalue weighted by Crippen LogP contribution is -1.92. The molecule has 0 atom stereocenters. The number of aliphatic hydroxyl groups excluding tert-OH is 1. The zero-order chi connectivity index (χ0) is 12.3. The van der Waals surface area contributed by atoms with Crippen molar-refractivity contribution >= 4 is 6.08 Å². The van der Waals surface area contributed by atoms with Gasteiger partial charge in [-0.15, -0.1) is 0 Å². The molecule has 1 rings (SSSR count). The molecule has 80 valence electrons. The summed E-state index contributed by atoms with van der Waals surface area (Å²) in [5, 5.41) is 36.5. The minimum Gasteiger partial charge on any atom is -0.513 e. The van der Waals surface area contributed by atoms with Crippen LogP contribution in [0.2, 0.25) is 0 Å². The molecule has 0 saturated heterocycles. The second kappa shape index (κ2) is 4.37. The Morgan fingerprint density at radius 3 is 2.31 bits per heavy atom. The highest BCUT2D eigenvalue weighted by molar-refractivity contribution is 5.68. The smallest absolute Gasteiger partial charge is 0.151 e. The SMILES string of the molecule is CC(O)=Cc1cc(C)c(C#N)c(O)c1C#N. The highest BCUT2D eigenvalue weighted by atomic mass is 16.3. The van der Waals surface area contributed by atoms with Gasteiger partial charge in [0.1, 0.15) is 17.7 Å². The summed E-state index contributed by atoms with van der Waals surface area (Å²) in [7, 11) is 0. The maximum Gasteiger partial charge on any atom is 0.151 e. The van der Waals surface area contributed by atoms with E-state index in [1.54, 1.807) is 13.0 Å². The molecule has 0 spiro atoms. The van der Waals surface area contributed by atoms with Crippen LogP contribution in [-0.4, -0.2) is 10.2 Å². The molecule has 1 aromatic rings. The third kappa shape index (κ3) is 1.97. The molecule has 0 aliphatic rings. The van der Waals surface area contributed by atoms with Gasteiger partial charge in [0.2, 0.25) is 0 Å². The number of aromatic hydroxyl groups is 1. The monoisotopic (exact) mass is 214 g/mol. The number of benzene rings is 1. The van der Waals surface area contributed by atoms with Crippen molar-refractivity contribution < 1.29 is 10.2 Å². The Morgan fingerprint density at radius 2 is 1.88 bits per heavy atom. The highest BCUT2D eigenvalue weighted by Crippen LogP contribution is 2.29. The van der Waals surface area contributed by atoms with Crippen molar-refractivity contribution in [2.45, 2.75) is 13.8 Å². The summed E-state index contributed by atoms with van der Waals surface area (Å²) in [6.07, 6.45) is 1.37. The summed E-state index contributed by atoms with van der Waals surface area (Å²) in [6, 6.07) is 5.23. The summed E-state index contributed by atoms with van der Waals surface area (Å²) in [5.41, 5.74) is 1.04. The van der Waals surface area contributed by atoms with Crippen molar-refractivity contribution in [3.8, 4) is 17.9 Å².